The highest BCUT2D eigenvalue weighted by atomic mass is 16.6. The molecule has 0 aromatic heterocycles. The zero-order valence-corrected chi connectivity index (χ0v) is 24.1. The lowest BCUT2D eigenvalue weighted by atomic mass is 9.45. The summed E-state index contributed by atoms with van der Waals surface area (Å²) in [4.78, 5) is 38.6. The zero-order chi connectivity index (χ0) is 29.3. The van der Waals surface area contributed by atoms with E-state index in [4.69, 9.17) is 18.9 Å². The molecule has 4 aliphatic rings. The lowest BCUT2D eigenvalue weighted by Crippen LogP contribution is -2.80. The molecule has 1 aromatic rings. The van der Waals surface area contributed by atoms with Crippen LogP contribution in [0.4, 0.5) is 0 Å². The summed E-state index contributed by atoms with van der Waals surface area (Å²) in [6.07, 6.45) is -2.50. The number of rotatable bonds is 4. The van der Waals surface area contributed by atoms with Crippen molar-refractivity contribution in [3.05, 3.63) is 47.0 Å². The van der Waals surface area contributed by atoms with Crippen molar-refractivity contribution in [2.75, 3.05) is 6.61 Å². The van der Waals surface area contributed by atoms with Crippen LogP contribution in [0.3, 0.4) is 0 Å². The Kier molecular flexibility index (Phi) is 6.95. The third kappa shape index (κ3) is 4.11. The van der Waals surface area contributed by atoms with Crippen molar-refractivity contribution >= 4 is 17.9 Å². The van der Waals surface area contributed by atoms with Gasteiger partial charge >= 0.3 is 17.9 Å². The summed E-state index contributed by atoms with van der Waals surface area (Å²) in [5.74, 6) is -2.52. The molecule has 2 N–H and O–H groups in total. The maximum Gasteiger partial charge on any atom is 0.338 e. The topological polar surface area (TPSA) is 129 Å². The molecule has 1 aromatic carbocycles. The summed E-state index contributed by atoms with van der Waals surface area (Å²) in [5, 5.41) is 24.6. The van der Waals surface area contributed by atoms with Gasteiger partial charge in [-0.1, -0.05) is 44.5 Å². The van der Waals surface area contributed by atoms with Crippen LogP contribution in [0.2, 0.25) is 0 Å². The van der Waals surface area contributed by atoms with Crippen molar-refractivity contribution in [3.8, 4) is 0 Å². The highest BCUT2D eigenvalue weighted by Crippen LogP contribution is 2.65. The lowest BCUT2D eigenvalue weighted by Gasteiger charge is -2.68. The Morgan fingerprint density at radius 1 is 1.02 bits per heavy atom. The smallest absolute Gasteiger partial charge is 0.338 e. The normalized spacial score (nSPS) is 39.9. The number of esters is 3. The van der Waals surface area contributed by atoms with Crippen LogP contribution in [-0.2, 0) is 28.5 Å². The Labute approximate surface area is 234 Å². The molecule has 8 atom stereocenters. The maximum absolute atomic E-state index is 13.7. The molecule has 1 heterocycles. The van der Waals surface area contributed by atoms with Crippen LogP contribution in [0, 0.1) is 16.7 Å². The van der Waals surface area contributed by atoms with Crippen molar-refractivity contribution < 1.29 is 43.5 Å². The summed E-state index contributed by atoms with van der Waals surface area (Å²) in [6.45, 7) is 10.2. The fourth-order valence-corrected chi connectivity index (χ4v) is 8.22. The van der Waals surface area contributed by atoms with E-state index >= 15 is 0 Å². The van der Waals surface area contributed by atoms with Crippen molar-refractivity contribution in [3.63, 3.8) is 0 Å². The first-order valence-corrected chi connectivity index (χ1v) is 14.0. The molecule has 40 heavy (non-hydrogen) atoms. The highest BCUT2D eigenvalue weighted by Gasteiger charge is 2.75. The molecular formula is C31H40O9. The van der Waals surface area contributed by atoms with Gasteiger partial charge in [-0.15, -0.1) is 0 Å². The van der Waals surface area contributed by atoms with Crippen LogP contribution in [0.25, 0.3) is 0 Å². The second kappa shape index (κ2) is 9.67. The van der Waals surface area contributed by atoms with Crippen LogP contribution in [-0.4, -0.2) is 70.3 Å². The number of aliphatic hydroxyl groups excluding tert-OH is 1. The number of carbonyl (C=O) groups excluding carboxylic acids is 3. The molecule has 9 nitrogen and oxygen atoms in total. The fourth-order valence-electron chi connectivity index (χ4n) is 8.22. The maximum atomic E-state index is 13.7. The van der Waals surface area contributed by atoms with Gasteiger partial charge in [0.2, 0.25) is 0 Å². The molecule has 9 heteroatoms. The van der Waals surface area contributed by atoms with Crippen LogP contribution >= 0.6 is 0 Å². The first kappa shape index (κ1) is 28.8. The van der Waals surface area contributed by atoms with E-state index in [1.54, 1.807) is 30.3 Å². The molecule has 0 unspecified atom stereocenters. The molecule has 0 radical (unpaired) electrons. The molecule has 3 fully saturated rings. The van der Waals surface area contributed by atoms with Gasteiger partial charge < -0.3 is 29.2 Å². The number of aliphatic hydroxyl groups is 2. The minimum atomic E-state index is -1.67. The molecule has 1 saturated heterocycles. The van der Waals surface area contributed by atoms with Gasteiger partial charge in [0.15, 0.2) is 5.60 Å². The summed E-state index contributed by atoms with van der Waals surface area (Å²) in [5.41, 5.74) is -2.99. The fraction of sp³-hybridized carbons (Fsp3) is 0.645. The van der Waals surface area contributed by atoms with E-state index in [1.165, 1.54) is 13.8 Å². The number of ether oxygens (including phenoxy) is 4. The Morgan fingerprint density at radius 2 is 1.70 bits per heavy atom. The highest BCUT2D eigenvalue weighted by molar-refractivity contribution is 5.89. The number of allylic oxidation sites excluding steroid dienone is 1. The molecule has 218 valence electrons. The van der Waals surface area contributed by atoms with Gasteiger partial charge in [-0.05, 0) is 43.9 Å². The third-order valence-electron chi connectivity index (χ3n) is 10.2. The zero-order valence-electron chi connectivity index (χ0n) is 24.1. The van der Waals surface area contributed by atoms with E-state index in [1.807, 2.05) is 27.7 Å². The predicted octanol–water partition coefficient (Wildman–Crippen LogP) is 3.50. The van der Waals surface area contributed by atoms with E-state index in [2.05, 4.69) is 0 Å². The van der Waals surface area contributed by atoms with Crippen molar-refractivity contribution in [1.82, 2.24) is 0 Å². The van der Waals surface area contributed by atoms with E-state index < -0.39 is 70.3 Å². The second-order valence-electron chi connectivity index (χ2n) is 12.8. The molecular weight excluding hydrogens is 516 g/mol. The van der Waals surface area contributed by atoms with Gasteiger partial charge in [0, 0.05) is 31.1 Å². The number of fused-ring (bicyclic) bond motifs is 5. The van der Waals surface area contributed by atoms with E-state index in [0.717, 1.165) is 11.1 Å². The Bertz CT molecular complexity index is 1240. The molecule has 2 saturated carbocycles. The monoisotopic (exact) mass is 556 g/mol. The minimum absolute atomic E-state index is 0.0279. The summed E-state index contributed by atoms with van der Waals surface area (Å²) < 4.78 is 24.2. The third-order valence-corrected chi connectivity index (χ3v) is 10.2. The Hall–Kier alpha value is -2.75. The van der Waals surface area contributed by atoms with Gasteiger partial charge in [0.25, 0.3) is 0 Å². The molecule has 3 aliphatic carbocycles. The molecule has 5 rings (SSSR count). The Balaban J connectivity index is 1.77. The number of carbonyl (C=O) groups is 3. The standard InChI is InChI=1S/C31H40O9/c1-17-12-13-31(36)26(39-27(35)20-10-8-7-9-11-20)25-29(6,15-21(38-18(2)32)24(17)28(31,4)5)22(34)14-23-30(25,16-37-23)40-19(3)33/h7-11,21-23,25-26,34,36H,12-16H2,1-6H3/t21-,22-,23+,25-,26-,29+,30-,31+/m0/s1. The van der Waals surface area contributed by atoms with Crippen LogP contribution in [0.15, 0.2) is 41.5 Å². The van der Waals surface area contributed by atoms with Gasteiger partial charge in [-0.3, -0.25) is 9.59 Å². The quantitative estimate of drug-likeness (QED) is 0.325. The van der Waals surface area contributed by atoms with Crippen LogP contribution in [0.1, 0.15) is 77.6 Å². The largest absolute Gasteiger partial charge is 0.458 e. The lowest BCUT2D eigenvalue weighted by molar-refractivity contribution is -0.353. The second-order valence-corrected chi connectivity index (χ2v) is 12.8. The Morgan fingerprint density at radius 3 is 2.27 bits per heavy atom. The van der Waals surface area contributed by atoms with Crippen molar-refractivity contribution in [2.45, 2.75) is 103 Å². The molecule has 0 amide bonds. The first-order valence-electron chi connectivity index (χ1n) is 14.0. The minimum Gasteiger partial charge on any atom is -0.458 e. The number of hydrogen-bond donors (Lipinski definition) is 2. The van der Waals surface area contributed by atoms with E-state index in [-0.39, 0.29) is 25.9 Å². The van der Waals surface area contributed by atoms with Gasteiger partial charge in [0.1, 0.15) is 23.9 Å². The SMILES string of the molecule is CC(=O)O[C@H]1C[C@]2(C)[C@@H](O)C[C@H]3OC[C@@]3(OC(C)=O)[C@H]2[C@H](OC(=O)c2ccccc2)[C@]2(O)CCC(C)=C1C2(C)C. The van der Waals surface area contributed by atoms with Gasteiger partial charge in [-0.2, -0.15) is 0 Å². The van der Waals surface area contributed by atoms with Crippen LogP contribution in [0.5, 0.6) is 0 Å². The van der Waals surface area contributed by atoms with E-state index in [9.17, 15) is 24.6 Å². The first-order chi connectivity index (χ1) is 18.7. The van der Waals surface area contributed by atoms with E-state index in [0.29, 0.717) is 12.0 Å². The summed E-state index contributed by atoms with van der Waals surface area (Å²) >= 11 is 0. The molecule has 2 bridgehead atoms. The predicted molar refractivity (Wildman–Crippen MR) is 143 cm³/mol. The average molecular weight is 557 g/mol. The number of benzene rings is 1. The average Bonchev–Trinajstić information content (AvgIpc) is 2.86. The van der Waals surface area contributed by atoms with Crippen LogP contribution < -0.4 is 0 Å². The summed E-state index contributed by atoms with van der Waals surface area (Å²) in [6, 6.07) is 8.53. The summed E-state index contributed by atoms with van der Waals surface area (Å²) in [7, 11) is 0. The molecule has 0 spiro atoms. The van der Waals surface area contributed by atoms with Gasteiger partial charge in [-0.25, -0.2) is 4.79 Å². The molecule has 1 aliphatic heterocycles. The van der Waals surface area contributed by atoms with Gasteiger partial charge in [0.05, 0.1) is 24.2 Å². The number of hydrogen-bond acceptors (Lipinski definition) is 9. The van der Waals surface area contributed by atoms with Crippen molar-refractivity contribution in [1.29, 1.82) is 0 Å². The van der Waals surface area contributed by atoms with Crippen molar-refractivity contribution in [2.24, 2.45) is 16.7 Å².